The maximum atomic E-state index is 12.2. The average molecular weight is 317 g/mol. The fraction of sp³-hybridized carbons (Fsp3) is 0.286. The second-order valence-electron chi connectivity index (χ2n) is 2.25. The van der Waals surface area contributed by atoms with Crippen LogP contribution in [0.2, 0.25) is 0 Å². The molecule has 1 heterocycles. The normalized spacial score (nSPS) is 10.9. The summed E-state index contributed by atoms with van der Waals surface area (Å²) < 4.78 is 25.4. The van der Waals surface area contributed by atoms with Crippen LogP contribution in [0.1, 0.15) is 17.8 Å². The van der Waals surface area contributed by atoms with E-state index < -0.39 is 6.43 Å². The number of aromatic nitrogens is 1. The van der Waals surface area contributed by atoms with Gasteiger partial charge in [0.15, 0.2) is 0 Å². The lowest BCUT2D eigenvalue weighted by molar-refractivity contribution is 0.145. The minimum atomic E-state index is -2.63. The van der Waals surface area contributed by atoms with Gasteiger partial charge in [0.05, 0.1) is 16.8 Å². The van der Waals surface area contributed by atoms with E-state index in [-0.39, 0.29) is 18.0 Å². The molecule has 0 radical (unpaired) electrons. The lowest BCUT2D eigenvalue weighted by atomic mass is 10.3. The van der Waals surface area contributed by atoms with Crippen LogP contribution in [0.4, 0.5) is 8.78 Å². The van der Waals surface area contributed by atoms with Gasteiger partial charge in [0.2, 0.25) is 0 Å². The number of nitrogens with zero attached hydrogens (tertiary/aromatic N) is 1. The van der Waals surface area contributed by atoms with Crippen LogP contribution in [0.15, 0.2) is 15.0 Å². The lowest BCUT2D eigenvalue weighted by Crippen LogP contribution is -1.98. The van der Waals surface area contributed by atoms with Crippen LogP contribution in [0.3, 0.4) is 0 Å². The Labute approximate surface area is 90.2 Å². The van der Waals surface area contributed by atoms with Crippen LogP contribution in [-0.4, -0.2) is 10.1 Å². The summed E-state index contributed by atoms with van der Waals surface area (Å²) in [5.41, 5.74) is -0.149. The molecule has 6 heteroatoms. The van der Waals surface area contributed by atoms with Crippen molar-refractivity contribution in [2.75, 3.05) is 0 Å². The van der Waals surface area contributed by atoms with E-state index in [1.54, 1.807) is 0 Å². The number of aliphatic hydroxyl groups is 1. The molecule has 1 aromatic rings. The average Bonchev–Trinajstić information content (AvgIpc) is 2.09. The van der Waals surface area contributed by atoms with Gasteiger partial charge in [0.25, 0.3) is 6.43 Å². The highest BCUT2D eigenvalue weighted by Gasteiger charge is 2.14. The number of alkyl halides is 2. The van der Waals surface area contributed by atoms with Gasteiger partial charge in [0.1, 0.15) is 5.69 Å². The number of halogens is 4. The first kappa shape index (κ1) is 11.0. The van der Waals surface area contributed by atoms with E-state index in [1.165, 1.54) is 6.07 Å². The molecule has 1 aromatic heterocycles. The summed E-state index contributed by atoms with van der Waals surface area (Å²) in [6.45, 7) is -0.375. The van der Waals surface area contributed by atoms with Gasteiger partial charge in [0, 0.05) is 4.47 Å². The molecule has 0 saturated heterocycles. The first-order chi connectivity index (χ1) is 6.06. The maximum Gasteiger partial charge on any atom is 0.280 e. The van der Waals surface area contributed by atoms with Crippen molar-refractivity contribution in [1.82, 2.24) is 4.98 Å². The van der Waals surface area contributed by atoms with E-state index >= 15 is 0 Å². The highest BCUT2D eigenvalue weighted by molar-refractivity contribution is 9.13. The molecule has 0 aliphatic carbocycles. The van der Waals surface area contributed by atoms with Gasteiger partial charge in [-0.2, -0.15) is 0 Å². The first-order valence-electron chi connectivity index (χ1n) is 3.30. The van der Waals surface area contributed by atoms with Crippen molar-refractivity contribution in [1.29, 1.82) is 0 Å². The summed E-state index contributed by atoms with van der Waals surface area (Å²) in [5.74, 6) is 0. The largest absolute Gasteiger partial charge is 0.390 e. The van der Waals surface area contributed by atoms with Crippen LogP contribution < -0.4 is 0 Å². The Balaban J connectivity index is 3.22. The van der Waals surface area contributed by atoms with Crippen molar-refractivity contribution in [3.63, 3.8) is 0 Å². The monoisotopic (exact) mass is 315 g/mol. The Hall–Kier alpha value is -0.0700. The van der Waals surface area contributed by atoms with Gasteiger partial charge < -0.3 is 5.11 Å². The van der Waals surface area contributed by atoms with E-state index in [0.29, 0.717) is 8.95 Å². The zero-order chi connectivity index (χ0) is 10.0. The number of rotatable bonds is 2. The van der Waals surface area contributed by atoms with Crippen molar-refractivity contribution in [3.05, 3.63) is 26.4 Å². The zero-order valence-corrected chi connectivity index (χ0v) is 9.44. The van der Waals surface area contributed by atoms with Crippen LogP contribution >= 0.6 is 31.9 Å². The minimum absolute atomic E-state index is 0.199. The third kappa shape index (κ3) is 2.45. The number of hydrogen-bond donors (Lipinski definition) is 1. The molecule has 72 valence electrons. The molecular weight excluding hydrogens is 312 g/mol. The molecule has 1 N–H and O–H groups in total. The fourth-order valence-electron chi connectivity index (χ4n) is 0.785. The maximum absolute atomic E-state index is 12.2. The summed E-state index contributed by atoms with van der Waals surface area (Å²) in [6.07, 6.45) is -2.63. The van der Waals surface area contributed by atoms with Crippen LogP contribution in [0, 0.1) is 0 Å². The molecule has 0 aromatic carbocycles. The molecule has 0 saturated carbocycles. The predicted octanol–water partition coefficient (Wildman–Crippen LogP) is 3.04. The summed E-state index contributed by atoms with van der Waals surface area (Å²) >= 11 is 6.18. The highest BCUT2D eigenvalue weighted by atomic mass is 79.9. The summed E-state index contributed by atoms with van der Waals surface area (Å²) in [5, 5.41) is 8.79. The van der Waals surface area contributed by atoms with Crippen molar-refractivity contribution in [2.24, 2.45) is 0 Å². The SMILES string of the molecule is OCc1nc(C(F)F)cc(Br)c1Br. The Morgan fingerprint density at radius 1 is 1.46 bits per heavy atom. The molecule has 0 aliphatic rings. The van der Waals surface area contributed by atoms with E-state index in [1.807, 2.05) is 0 Å². The van der Waals surface area contributed by atoms with Crippen molar-refractivity contribution in [3.8, 4) is 0 Å². The van der Waals surface area contributed by atoms with Crippen LogP contribution in [-0.2, 0) is 6.61 Å². The third-order valence-corrected chi connectivity index (χ3v) is 3.42. The topological polar surface area (TPSA) is 33.1 Å². The zero-order valence-electron chi connectivity index (χ0n) is 6.27. The fourth-order valence-corrected chi connectivity index (χ4v) is 1.58. The summed E-state index contributed by atoms with van der Waals surface area (Å²) in [7, 11) is 0. The van der Waals surface area contributed by atoms with Crippen LogP contribution in [0.25, 0.3) is 0 Å². The van der Waals surface area contributed by atoms with Crippen molar-refractivity contribution >= 4 is 31.9 Å². The molecule has 2 nitrogen and oxygen atoms in total. The lowest BCUT2D eigenvalue weighted by Gasteiger charge is -2.05. The second-order valence-corrected chi connectivity index (χ2v) is 3.90. The molecule has 0 unspecified atom stereocenters. The van der Waals surface area contributed by atoms with Crippen molar-refractivity contribution in [2.45, 2.75) is 13.0 Å². The molecule has 1 rings (SSSR count). The number of aliphatic hydroxyl groups excluding tert-OH is 1. The van der Waals surface area contributed by atoms with Gasteiger partial charge >= 0.3 is 0 Å². The quantitative estimate of drug-likeness (QED) is 0.909. The van der Waals surface area contributed by atoms with E-state index in [2.05, 4.69) is 36.8 Å². The minimum Gasteiger partial charge on any atom is -0.390 e. The summed E-state index contributed by atoms with van der Waals surface area (Å²) in [6, 6.07) is 1.22. The number of hydrogen-bond acceptors (Lipinski definition) is 2. The van der Waals surface area contributed by atoms with Crippen LogP contribution in [0.5, 0.6) is 0 Å². The number of pyridine rings is 1. The molecule has 13 heavy (non-hydrogen) atoms. The highest BCUT2D eigenvalue weighted by Crippen LogP contribution is 2.29. The molecular formula is C7H5Br2F2NO. The van der Waals surface area contributed by atoms with Gasteiger partial charge in [-0.25, -0.2) is 13.8 Å². The standard InChI is InChI=1S/C7H5Br2F2NO/c8-3-1-4(7(10)11)12-5(2-13)6(3)9/h1,7,13H,2H2. The Morgan fingerprint density at radius 2 is 2.08 bits per heavy atom. The molecule has 0 atom stereocenters. The first-order valence-corrected chi connectivity index (χ1v) is 4.88. The Morgan fingerprint density at radius 3 is 2.54 bits per heavy atom. The Kier molecular flexibility index (Phi) is 3.75. The van der Waals surface area contributed by atoms with Crippen molar-refractivity contribution < 1.29 is 13.9 Å². The smallest absolute Gasteiger partial charge is 0.280 e. The van der Waals surface area contributed by atoms with E-state index in [0.717, 1.165) is 0 Å². The van der Waals surface area contributed by atoms with Gasteiger partial charge in [-0.05, 0) is 37.9 Å². The molecule has 0 aliphatic heterocycles. The van der Waals surface area contributed by atoms with Gasteiger partial charge in [-0.15, -0.1) is 0 Å². The molecule has 0 amide bonds. The third-order valence-electron chi connectivity index (χ3n) is 1.38. The van der Waals surface area contributed by atoms with Gasteiger partial charge in [-0.3, -0.25) is 0 Å². The predicted molar refractivity (Wildman–Crippen MR) is 50.5 cm³/mol. The molecule has 0 fully saturated rings. The van der Waals surface area contributed by atoms with Gasteiger partial charge in [-0.1, -0.05) is 0 Å². The second kappa shape index (κ2) is 4.43. The van der Waals surface area contributed by atoms with E-state index in [9.17, 15) is 8.78 Å². The molecule has 0 bridgehead atoms. The Bertz CT molecular complexity index is 320. The summed E-state index contributed by atoms with van der Waals surface area (Å²) in [4.78, 5) is 3.57. The van der Waals surface area contributed by atoms with E-state index in [4.69, 9.17) is 5.11 Å². The molecule has 0 spiro atoms.